The molecule has 3 N–H and O–H groups in total. The van der Waals surface area contributed by atoms with Crippen molar-refractivity contribution in [2.45, 2.75) is 18.9 Å². The van der Waals surface area contributed by atoms with Gasteiger partial charge in [0.25, 0.3) is 0 Å². The predicted octanol–water partition coefficient (Wildman–Crippen LogP) is 2.38. The zero-order valence-corrected chi connectivity index (χ0v) is 9.76. The standard InChI is InChI=1S/C14H17N3/c15-9-14(10-5-6-10)17-13-7-8-16-12-4-2-1-3-11(12)13/h1-4,7-8,10,14H,5-6,9,15H2,(H,16,17). The summed E-state index contributed by atoms with van der Waals surface area (Å²) in [6, 6.07) is 10.6. The normalized spacial score (nSPS) is 17.0. The van der Waals surface area contributed by atoms with E-state index >= 15 is 0 Å². The lowest BCUT2D eigenvalue weighted by molar-refractivity contribution is 0.646. The van der Waals surface area contributed by atoms with Gasteiger partial charge in [0.05, 0.1) is 5.52 Å². The maximum atomic E-state index is 5.83. The minimum absolute atomic E-state index is 0.404. The zero-order chi connectivity index (χ0) is 11.7. The summed E-state index contributed by atoms with van der Waals surface area (Å²) in [6.45, 7) is 0.696. The lowest BCUT2D eigenvalue weighted by Crippen LogP contribution is -2.30. The Morgan fingerprint density at radius 1 is 1.29 bits per heavy atom. The molecule has 1 unspecified atom stereocenters. The number of fused-ring (bicyclic) bond motifs is 1. The summed E-state index contributed by atoms with van der Waals surface area (Å²) in [5.41, 5.74) is 8.01. The van der Waals surface area contributed by atoms with Gasteiger partial charge in [-0.2, -0.15) is 0 Å². The summed E-state index contributed by atoms with van der Waals surface area (Å²) in [5, 5.41) is 4.74. The fourth-order valence-corrected chi connectivity index (χ4v) is 2.29. The molecule has 1 aliphatic rings. The van der Waals surface area contributed by atoms with E-state index in [1.54, 1.807) is 0 Å². The van der Waals surface area contributed by atoms with Crippen LogP contribution < -0.4 is 11.1 Å². The van der Waals surface area contributed by atoms with Gasteiger partial charge in [0.2, 0.25) is 0 Å². The van der Waals surface area contributed by atoms with Gasteiger partial charge in [-0.1, -0.05) is 18.2 Å². The Morgan fingerprint density at radius 2 is 2.12 bits per heavy atom. The number of nitrogens with zero attached hydrogens (tertiary/aromatic N) is 1. The highest BCUT2D eigenvalue weighted by molar-refractivity contribution is 5.90. The number of nitrogens with two attached hydrogens (primary N) is 1. The van der Waals surface area contributed by atoms with Crippen LogP contribution in [0.5, 0.6) is 0 Å². The van der Waals surface area contributed by atoms with Gasteiger partial charge in [-0.05, 0) is 30.9 Å². The third-order valence-electron chi connectivity index (χ3n) is 3.43. The Bertz CT molecular complexity index is 514. The number of pyridine rings is 1. The second-order valence-electron chi connectivity index (χ2n) is 4.70. The van der Waals surface area contributed by atoms with E-state index in [2.05, 4.69) is 16.4 Å². The largest absolute Gasteiger partial charge is 0.380 e. The molecule has 0 bridgehead atoms. The first-order valence-corrected chi connectivity index (χ1v) is 6.19. The molecule has 1 aromatic carbocycles. The van der Waals surface area contributed by atoms with Crippen LogP contribution >= 0.6 is 0 Å². The van der Waals surface area contributed by atoms with Crippen LogP contribution in [-0.2, 0) is 0 Å². The maximum Gasteiger partial charge on any atom is 0.0722 e. The number of anilines is 1. The van der Waals surface area contributed by atoms with Crippen LogP contribution in [0.25, 0.3) is 10.9 Å². The summed E-state index contributed by atoms with van der Waals surface area (Å²) < 4.78 is 0. The number of hydrogen-bond acceptors (Lipinski definition) is 3. The van der Waals surface area contributed by atoms with Gasteiger partial charge in [0.1, 0.15) is 0 Å². The topological polar surface area (TPSA) is 50.9 Å². The van der Waals surface area contributed by atoms with Crippen molar-refractivity contribution in [2.24, 2.45) is 11.7 Å². The van der Waals surface area contributed by atoms with Gasteiger partial charge in [0.15, 0.2) is 0 Å². The molecule has 0 spiro atoms. The van der Waals surface area contributed by atoms with Crippen molar-refractivity contribution in [3.8, 4) is 0 Å². The van der Waals surface area contributed by atoms with Crippen LogP contribution in [0, 0.1) is 5.92 Å². The molecule has 17 heavy (non-hydrogen) atoms. The molecule has 1 fully saturated rings. The van der Waals surface area contributed by atoms with Crippen molar-refractivity contribution in [1.29, 1.82) is 0 Å². The van der Waals surface area contributed by atoms with Gasteiger partial charge in [-0.25, -0.2) is 0 Å². The molecule has 0 aliphatic heterocycles. The molecular weight excluding hydrogens is 210 g/mol. The second kappa shape index (κ2) is 4.34. The summed E-state index contributed by atoms with van der Waals surface area (Å²) in [6.07, 6.45) is 4.46. The highest BCUT2D eigenvalue weighted by atomic mass is 15.0. The number of rotatable bonds is 4. The lowest BCUT2D eigenvalue weighted by Gasteiger charge is -2.18. The monoisotopic (exact) mass is 227 g/mol. The zero-order valence-electron chi connectivity index (χ0n) is 9.76. The molecule has 0 saturated heterocycles. The number of para-hydroxylation sites is 1. The van der Waals surface area contributed by atoms with Gasteiger partial charge < -0.3 is 11.1 Å². The fourth-order valence-electron chi connectivity index (χ4n) is 2.29. The van der Waals surface area contributed by atoms with Crippen molar-refractivity contribution in [1.82, 2.24) is 4.98 Å². The Balaban J connectivity index is 1.93. The molecule has 2 aromatic rings. The molecule has 1 aliphatic carbocycles. The Kier molecular flexibility index (Phi) is 2.69. The van der Waals surface area contributed by atoms with Crippen molar-refractivity contribution < 1.29 is 0 Å². The van der Waals surface area contributed by atoms with E-state index in [0.29, 0.717) is 12.6 Å². The number of benzene rings is 1. The molecular formula is C14H17N3. The van der Waals surface area contributed by atoms with Crippen molar-refractivity contribution in [3.63, 3.8) is 0 Å². The van der Waals surface area contributed by atoms with E-state index in [1.165, 1.54) is 18.2 Å². The predicted molar refractivity (Wildman–Crippen MR) is 70.9 cm³/mol. The summed E-state index contributed by atoms with van der Waals surface area (Å²) in [7, 11) is 0. The first-order chi connectivity index (χ1) is 8.38. The van der Waals surface area contributed by atoms with E-state index < -0.39 is 0 Å². The maximum absolute atomic E-state index is 5.83. The van der Waals surface area contributed by atoms with Crippen molar-refractivity contribution >= 4 is 16.6 Å². The molecule has 3 rings (SSSR count). The fraction of sp³-hybridized carbons (Fsp3) is 0.357. The van der Waals surface area contributed by atoms with Gasteiger partial charge in [0, 0.05) is 29.9 Å². The van der Waals surface area contributed by atoms with Crippen LogP contribution in [0.15, 0.2) is 36.5 Å². The third kappa shape index (κ3) is 2.11. The van der Waals surface area contributed by atoms with Crippen molar-refractivity contribution in [3.05, 3.63) is 36.5 Å². The van der Waals surface area contributed by atoms with Gasteiger partial charge in [-0.15, -0.1) is 0 Å². The minimum atomic E-state index is 0.404. The molecule has 1 saturated carbocycles. The molecule has 1 aromatic heterocycles. The highest BCUT2D eigenvalue weighted by Crippen LogP contribution is 2.34. The van der Waals surface area contributed by atoms with Crippen LogP contribution in [-0.4, -0.2) is 17.6 Å². The average molecular weight is 227 g/mol. The van der Waals surface area contributed by atoms with E-state index in [1.807, 2.05) is 30.5 Å². The smallest absolute Gasteiger partial charge is 0.0722 e. The van der Waals surface area contributed by atoms with E-state index in [0.717, 1.165) is 17.1 Å². The highest BCUT2D eigenvalue weighted by Gasteiger charge is 2.30. The van der Waals surface area contributed by atoms with Crippen LogP contribution in [0.1, 0.15) is 12.8 Å². The quantitative estimate of drug-likeness (QED) is 0.843. The van der Waals surface area contributed by atoms with E-state index in [9.17, 15) is 0 Å². The summed E-state index contributed by atoms with van der Waals surface area (Å²) in [5.74, 6) is 0.756. The Labute approximate surface area is 101 Å². The van der Waals surface area contributed by atoms with E-state index in [-0.39, 0.29) is 0 Å². The summed E-state index contributed by atoms with van der Waals surface area (Å²) in [4.78, 5) is 4.36. The molecule has 0 amide bonds. The van der Waals surface area contributed by atoms with E-state index in [4.69, 9.17) is 5.73 Å². The van der Waals surface area contributed by atoms with Crippen molar-refractivity contribution in [2.75, 3.05) is 11.9 Å². The van der Waals surface area contributed by atoms with Gasteiger partial charge >= 0.3 is 0 Å². The molecule has 0 radical (unpaired) electrons. The third-order valence-corrected chi connectivity index (χ3v) is 3.43. The lowest BCUT2D eigenvalue weighted by atomic mass is 10.1. The Hall–Kier alpha value is -1.61. The summed E-state index contributed by atoms with van der Waals surface area (Å²) >= 11 is 0. The number of hydrogen-bond donors (Lipinski definition) is 2. The second-order valence-corrected chi connectivity index (χ2v) is 4.70. The average Bonchev–Trinajstić information content (AvgIpc) is 3.20. The Morgan fingerprint density at radius 3 is 2.88 bits per heavy atom. The molecule has 3 nitrogen and oxygen atoms in total. The minimum Gasteiger partial charge on any atom is -0.380 e. The van der Waals surface area contributed by atoms with Crippen LogP contribution in [0.2, 0.25) is 0 Å². The number of aromatic nitrogens is 1. The molecule has 1 atom stereocenters. The molecule has 88 valence electrons. The van der Waals surface area contributed by atoms with Crippen LogP contribution in [0.3, 0.4) is 0 Å². The number of nitrogens with one attached hydrogen (secondary N) is 1. The SMILES string of the molecule is NCC(Nc1ccnc2ccccc12)C1CC1. The van der Waals surface area contributed by atoms with Gasteiger partial charge in [-0.3, -0.25) is 4.98 Å². The van der Waals surface area contributed by atoms with Crippen LogP contribution in [0.4, 0.5) is 5.69 Å². The molecule has 1 heterocycles. The first-order valence-electron chi connectivity index (χ1n) is 6.19. The molecule has 3 heteroatoms. The first kappa shape index (κ1) is 10.5.